The topological polar surface area (TPSA) is 18.5 Å². The molecule has 0 saturated carbocycles. The molecule has 0 bridgehead atoms. The van der Waals surface area contributed by atoms with E-state index in [2.05, 4.69) is 28.1 Å². The summed E-state index contributed by atoms with van der Waals surface area (Å²) in [5, 5.41) is 0.897. The fraction of sp³-hybridized carbons (Fsp3) is 0.385. The summed E-state index contributed by atoms with van der Waals surface area (Å²) in [6.07, 6.45) is 4.42. The molecule has 0 saturated heterocycles. The van der Waals surface area contributed by atoms with Crippen molar-refractivity contribution in [2.45, 2.75) is 12.8 Å². The number of ether oxygens (including phenoxy) is 2. The van der Waals surface area contributed by atoms with Crippen LogP contribution in [0.2, 0.25) is 0 Å². The summed E-state index contributed by atoms with van der Waals surface area (Å²) >= 11 is 3.52. The lowest BCUT2D eigenvalue weighted by Gasteiger charge is -2.19. The minimum atomic E-state index is 0.309. The Hall–Kier alpha value is -0.800. The highest BCUT2D eigenvalue weighted by Crippen LogP contribution is 2.33. The van der Waals surface area contributed by atoms with Crippen molar-refractivity contribution in [1.29, 1.82) is 0 Å². The normalized spacial score (nSPS) is 14.2. The van der Waals surface area contributed by atoms with E-state index in [1.807, 2.05) is 12.1 Å². The van der Waals surface area contributed by atoms with E-state index in [1.165, 1.54) is 16.7 Å². The number of benzene rings is 1. The summed E-state index contributed by atoms with van der Waals surface area (Å²) in [6, 6.07) is 6.20. The van der Waals surface area contributed by atoms with Crippen LogP contribution >= 0.6 is 15.9 Å². The second kappa shape index (κ2) is 5.51. The maximum Gasteiger partial charge on any atom is 0.188 e. The van der Waals surface area contributed by atoms with Crippen LogP contribution in [0.1, 0.15) is 17.5 Å². The van der Waals surface area contributed by atoms with E-state index < -0.39 is 0 Å². The molecule has 0 unspecified atom stereocenters. The fourth-order valence-corrected chi connectivity index (χ4v) is 2.54. The molecule has 3 heteroatoms. The van der Waals surface area contributed by atoms with Crippen LogP contribution < -0.4 is 4.74 Å². The summed E-state index contributed by atoms with van der Waals surface area (Å²) in [6.45, 7) is 0.309. The minimum absolute atomic E-state index is 0.309. The Morgan fingerprint density at radius 1 is 1.38 bits per heavy atom. The molecule has 0 N–H and O–H groups in total. The van der Waals surface area contributed by atoms with Gasteiger partial charge in [-0.15, -0.1) is 0 Å². The van der Waals surface area contributed by atoms with Gasteiger partial charge in [-0.05, 0) is 30.0 Å². The summed E-state index contributed by atoms with van der Waals surface area (Å²) in [4.78, 5) is 0. The van der Waals surface area contributed by atoms with Crippen LogP contribution in [0, 0.1) is 0 Å². The largest absolute Gasteiger partial charge is 0.467 e. The number of alkyl halides is 1. The Bertz CT molecular complexity index is 399. The zero-order chi connectivity index (χ0) is 11.4. The van der Waals surface area contributed by atoms with Crippen LogP contribution in [0.25, 0.3) is 5.57 Å². The van der Waals surface area contributed by atoms with E-state index in [4.69, 9.17) is 9.47 Å². The number of methoxy groups -OCH3 is 1. The van der Waals surface area contributed by atoms with Gasteiger partial charge in [0.2, 0.25) is 0 Å². The van der Waals surface area contributed by atoms with Crippen molar-refractivity contribution in [1.82, 2.24) is 0 Å². The molecule has 0 radical (unpaired) electrons. The van der Waals surface area contributed by atoms with Gasteiger partial charge in [0, 0.05) is 18.0 Å². The van der Waals surface area contributed by atoms with Crippen molar-refractivity contribution in [2.75, 3.05) is 19.2 Å². The Morgan fingerprint density at radius 3 is 3.00 bits per heavy atom. The molecule has 1 aliphatic carbocycles. The monoisotopic (exact) mass is 282 g/mol. The van der Waals surface area contributed by atoms with Gasteiger partial charge in [0.05, 0.1) is 0 Å². The average Bonchev–Trinajstić information content (AvgIpc) is 2.35. The van der Waals surface area contributed by atoms with Gasteiger partial charge in [-0.2, -0.15) is 0 Å². The highest BCUT2D eigenvalue weighted by molar-refractivity contribution is 9.09. The number of halogens is 1. The molecule has 0 atom stereocenters. The van der Waals surface area contributed by atoms with Crippen molar-refractivity contribution < 1.29 is 9.47 Å². The predicted molar refractivity (Wildman–Crippen MR) is 69.0 cm³/mol. The van der Waals surface area contributed by atoms with Gasteiger partial charge < -0.3 is 9.47 Å². The van der Waals surface area contributed by atoms with Crippen LogP contribution in [0.5, 0.6) is 5.75 Å². The maximum absolute atomic E-state index is 5.58. The SMILES string of the molecule is COCOc1cccc2c1CCC=C2CBr. The maximum atomic E-state index is 5.58. The summed E-state index contributed by atoms with van der Waals surface area (Å²) in [5.74, 6) is 0.950. The molecule has 1 aliphatic rings. The van der Waals surface area contributed by atoms with E-state index in [0.717, 1.165) is 23.9 Å². The van der Waals surface area contributed by atoms with Gasteiger partial charge >= 0.3 is 0 Å². The first-order valence-corrected chi connectivity index (χ1v) is 6.48. The molecule has 16 heavy (non-hydrogen) atoms. The second-order valence-electron chi connectivity index (χ2n) is 3.73. The molecule has 0 fully saturated rings. The number of hydrogen-bond acceptors (Lipinski definition) is 2. The van der Waals surface area contributed by atoms with E-state index in [1.54, 1.807) is 7.11 Å². The fourth-order valence-electron chi connectivity index (χ4n) is 2.01. The van der Waals surface area contributed by atoms with Crippen LogP contribution in [-0.4, -0.2) is 19.2 Å². The van der Waals surface area contributed by atoms with Gasteiger partial charge in [-0.25, -0.2) is 0 Å². The highest BCUT2D eigenvalue weighted by Gasteiger charge is 2.15. The lowest BCUT2D eigenvalue weighted by atomic mass is 9.91. The first-order chi connectivity index (χ1) is 7.86. The Balaban J connectivity index is 2.33. The van der Waals surface area contributed by atoms with Crippen LogP contribution in [0.15, 0.2) is 24.3 Å². The number of hydrogen-bond donors (Lipinski definition) is 0. The zero-order valence-electron chi connectivity index (χ0n) is 9.33. The second-order valence-corrected chi connectivity index (χ2v) is 4.30. The van der Waals surface area contributed by atoms with Crippen molar-refractivity contribution >= 4 is 21.5 Å². The lowest BCUT2D eigenvalue weighted by Crippen LogP contribution is -2.06. The van der Waals surface area contributed by atoms with Crippen molar-refractivity contribution in [3.05, 3.63) is 35.4 Å². The quantitative estimate of drug-likeness (QED) is 0.623. The van der Waals surface area contributed by atoms with E-state index in [0.29, 0.717) is 6.79 Å². The van der Waals surface area contributed by atoms with Crippen LogP contribution in [-0.2, 0) is 11.2 Å². The molecular weight excluding hydrogens is 268 g/mol. The molecule has 0 heterocycles. The van der Waals surface area contributed by atoms with Crippen molar-refractivity contribution in [3.63, 3.8) is 0 Å². The molecule has 0 amide bonds. The van der Waals surface area contributed by atoms with Crippen molar-refractivity contribution in [3.8, 4) is 5.75 Å². The zero-order valence-corrected chi connectivity index (χ0v) is 10.9. The van der Waals surface area contributed by atoms with E-state index >= 15 is 0 Å². The third-order valence-corrected chi connectivity index (χ3v) is 3.34. The summed E-state index contributed by atoms with van der Waals surface area (Å²) < 4.78 is 10.5. The van der Waals surface area contributed by atoms with Gasteiger partial charge in [0.25, 0.3) is 0 Å². The standard InChI is InChI=1S/C13H15BrO2/c1-15-9-16-13-7-3-5-11-10(8-14)4-2-6-12(11)13/h3-5,7H,2,6,8-9H2,1H3. The molecule has 2 nitrogen and oxygen atoms in total. The highest BCUT2D eigenvalue weighted by atomic mass is 79.9. The molecular formula is C13H15BrO2. The summed E-state index contributed by atoms with van der Waals surface area (Å²) in [7, 11) is 1.64. The predicted octanol–water partition coefficient (Wildman–Crippen LogP) is 3.39. The molecule has 2 rings (SSSR count). The Labute approximate surface area is 104 Å². The average molecular weight is 283 g/mol. The van der Waals surface area contributed by atoms with Crippen LogP contribution in [0.3, 0.4) is 0 Å². The lowest BCUT2D eigenvalue weighted by molar-refractivity contribution is 0.0504. The van der Waals surface area contributed by atoms with E-state index in [9.17, 15) is 0 Å². The van der Waals surface area contributed by atoms with Crippen molar-refractivity contribution in [2.24, 2.45) is 0 Å². The third-order valence-electron chi connectivity index (χ3n) is 2.74. The van der Waals surface area contributed by atoms with Gasteiger partial charge in [-0.3, -0.25) is 0 Å². The first-order valence-electron chi connectivity index (χ1n) is 5.36. The number of allylic oxidation sites excluding steroid dienone is 2. The molecule has 0 aromatic heterocycles. The molecule has 1 aromatic rings. The number of fused-ring (bicyclic) bond motifs is 1. The Kier molecular flexibility index (Phi) is 4.02. The Morgan fingerprint density at radius 2 is 2.25 bits per heavy atom. The smallest absolute Gasteiger partial charge is 0.188 e. The first kappa shape index (κ1) is 11.7. The minimum Gasteiger partial charge on any atom is -0.467 e. The van der Waals surface area contributed by atoms with Gasteiger partial charge in [-0.1, -0.05) is 34.1 Å². The summed E-state index contributed by atoms with van der Waals surface area (Å²) in [5.41, 5.74) is 3.96. The number of rotatable bonds is 4. The molecule has 0 spiro atoms. The molecule has 86 valence electrons. The van der Waals surface area contributed by atoms with Gasteiger partial charge in [0.15, 0.2) is 6.79 Å². The van der Waals surface area contributed by atoms with Crippen LogP contribution in [0.4, 0.5) is 0 Å². The molecule has 0 aliphatic heterocycles. The van der Waals surface area contributed by atoms with Gasteiger partial charge in [0.1, 0.15) is 5.75 Å². The molecule has 1 aromatic carbocycles. The third kappa shape index (κ3) is 2.30. The van der Waals surface area contributed by atoms with E-state index in [-0.39, 0.29) is 0 Å².